The maximum Gasteiger partial charge on any atom is 0.115 e. The minimum absolute atomic E-state index is 0.302. The average molecular weight is 262 g/mol. The highest BCUT2D eigenvalue weighted by molar-refractivity contribution is 5.28. The Hall–Kier alpha value is -1.06. The molecular formula is C16H26N2O. The Bertz CT molecular complexity index is 386. The predicted molar refractivity (Wildman–Crippen MR) is 79.4 cm³/mol. The largest absolute Gasteiger partial charge is 0.508 e. The number of piperidine rings is 1. The lowest BCUT2D eigenvalue weighted by Gasteiger charge is -2.31. The topological polar surface area (TPSA) is 35.5 Å². The van der Waals surface area contributed by atoms with Crippen LogP contribution in [0.4, 0.5) is 0 Å². The van der Waals surface area contributed by atoms with Gasteiger partial charge in [0.2, 0.25) is 0 Å². The molecule has 1 aliphatic heterocycles. The molecule has 0 radical (unpaired) electrons. The molecule has 1 saturated heterocycles. The van der Waals surface area contributed by atoms with Crippen LogP contribution in [-0.4, -0.2) is 36.2 Å². The first kappa shape index (κ1) is 14.4. The molecule has 0 spiro atoms. The molecule has 106 valence electrons. The van der Waals surface area contributed by atoms with Crippen LogP contribution in [0.5, 0.6) is 5.75 Å². The summed E-state index contributed by atoms with van der Waals surface area (Å²) in [6.45, 7) is 9.14. The van der Waals surface area contributed by atoms with Gasteiger partial charge in [0.25, 0.3) is 0 Å². The SMILES string of the molecule is CCN1CCC(CNC(C)c2cccc(O)c2)CC1. The first-order valence-electron chi connectivity index (χ1n) is 7.43. The summed E-state index contributed by atoms with van der Waals surface area (Å²) in [6, 6.07) is 7.84. The van der Waals surface area contributed by atoms with E-state index in [0.717, 1.165) is 18.0 Å². The molecule has 1 unspecified atom stereocenters. The summed E-state index contributed by atoms with van der Waals surface area (Å²) in [6.07, 6.45) is 2.60. The number of rotatable bonds is 5. The molecule has 1 aliphatic rings. The third kappa shape index (κ3) is 4.22. The lowest BCUT2D eigenvalue weighted by Crippen LogP contribution is -2.37. The van der Waals surface area contributed by atoms with E-state index < -0.39 is 0 Å². The molecule has 3 nitrogen and oxygen atoms in total. The van der Waals surface area contributed by atoms with Gasteiger partial charge in [-0.25, -0.2) is 0 Å². The molecule has 1 aromatic rings. The second-order valence-corrected chi connectivity index (χ2v) is 5.60. The summed E-state index contributed by atoms with van der Waals surface area (Å²) >= 11 is 0. The Morgan fingerprint density at radius 2 is 2.11 bits per heavy atom. The highest BCUT2D eigenvalue weighted by Crippen LogP contribution is 2.20. The lowest BCUT2D eigenvalue weighted by molar-refractivity contribution is 0.188. The van der Waals surface area contributed by atoms with E-state index in [2.05, 4.69) is 30.1 Å². The molecular weight excluding hydrogens is 236 g/mol. The van der Waals surface area contributed by atoms with Crippen LogP contribution in [0.3, 0.4) is 0 Å². The maximum absolute atomic E-state index is 9.50. The van der Waals surface area contributed by atoms with Gasteiger partial charge in [0.05, 0.1) is 0 Å². The Labute approximate surface area is 116 Å². The summed E-state index contributed by atoms with van der Waals surface area (Å²) in [5, 5.41) is 13.1. The van der Waals surface area contributed by atoms with Gasteiger partial charge in [-0.3, -0.25) is 0 Å². The molecule has 0 amide bonds. The third-order valence-electron chi connectivity index (χ3n) is 4.24. The summed E-state index contributed by atoms with van der Waals surface area (Å²) in [5.74, 6) is 1.14. The number of phenols is 1. The zero-order valence-corrected chi connectivity index (χ0v) is 12.1. The van der Waals surface area contributed by atoms with Crippen LogP contribution in [0.15, 0.2) is 24.3 Å². The van der Waals surface area contributed by atoms with E-state index in [1.165, 1.54) is 32.5 Å². The highest BCUT2D eigenvalue weighted by Gasteiger charge is 2.18. The van der Waals surface area contributed by atoms with Gasteiger partial charge in [-0.15, -0.1) is 0 Å². The van der Waals surface area contributed by atoms with Gasteiger partial charge in [-0.05, 0) is 69.6 Å². The molecule has 0 bridgehead atoms. The average Bonchev–Trinajstić information content (AvgIpc) is 2.45. The second kappa shape index (κ2) is 6.92. The van der Waals surface area contributed by atoms with Crippen molar-refractivity contribution >= 4 is 0 Å². The number of hydrogen-bond acceptors (Lipinski definition) is 3. The van der Waals surface area contributed by atoms with Crippen molar-refractivity contribution in [2.75, 3.05) is 26.2 Å². The van der Waals surface area contributed by atoms with Crippen LogP contribution in [0, 0.1) is 5.92 Å². The van der Waals surface area contributed by atoms with Crippen LogP contribution >= 0.6 is 0 Å². The number of aromatic hydroxyl groups is 1. The Morgan fingerprint density at radius 3 is 2.74 bits per heavy atom. The summed E-state index contributed by atoms with van der Waals surface area (Å²) in [5.41, 5.74) is 1.16. The van der Waals surface area contributed by atoms with Crippen LogP contribution in [0.2, 0.25) is 0 Å². The number of nitrogens with zero attached hydrogens (tertiary/aromatic N) is 1. The summed E-state index contributed by atoms with van der Waals surface area (Å²) < 4.78 is 0. The standard InChI is InChI=1S/C16H26N2O/c1-3-18-9-7-14(8-10-18)12-17-13(2)15-5-4-6-16(19)11-15/h4-6,11,13-14,17,19H,3,7-10,12H2,1-2H3. The number of likely N-dealkylation sites (tertiary alicyclic amines) is 1. The van der Waals surface area contributed by atoms with Crippen molar-refractivity contribution < 1.29 is 5.11 Å². The van der Waals surface area contributed by atoms with Gasteiger partial charge >= 0.3 is 0 Å². The van der Waals surface area contributed by atoms with Crippen LogP contribution < -0.4 is 5.32 Å². The van der Waals surface area contributed by atoms with E-state index in [9.17, 15) is 5.11 Å². The molecule has 1 fully saturated rings. The molecule has 2 N–H and O–H groups in total. The van der Waals surface area contributed by atoms with Gasteiger partial charge in [0.15, 0.2) is 0 Å². The van der Waals surface area contributed by atoms with Crippen molar-refractivity contribution in [1.82, 2.24) is 10.2 Å². The van der Waals surface area contributed by atoms with Gasteiger partial charge in [0, 0.05) is 6.04 Å². The van der Waals surface area contributed by atoms with E-state index in [-0.39, 0.29) is 0 Å². The van der Waals surface area contributed by atoms with Crippen molar-refractivity contribution in [2.24, 2.45) is 5.92 Å². The summed E-state index contributed by atoms with van der Waals surface area (Å²) in [4.78, 5) is 2.52. The van der Waals surface area contributed by atoms with Gasteiger partial charge in [0.1, 0.15) is 5.75 Å². The number of nitrogens with one attached hydrogen (secondary N) is 1. The number of phenolic OH excluding ortho intramolecular Hbond substituents is 1. The predicted octanol–water partition coefficient (Wildman–Crippen LogP) is 2.77. The Kier molecular flexibility index (Phi) is 5.23. The van der Waals surface area contributed by atoms with E-state index in [4.69, 9.17) is 0 Å². The molecule has 19 heavy (non-hydrogen) atoms. The van der Waals surface area contributed by atoms with E-state index in [1.807, 2.05) is 12.1 Å². The van der Waals surface area contributed by atoms with Gasteiger partial charge < -0.3 is 15.3 Å². The molecule has 3 heteroatoms. The fourth-order valence-electron chi connectivity index (χ4n) is 2.76. The van der Waals surface area contributed by atoms with Crippen LogP contribution in [-0.2, 0) is 0 Å². The quantitative estimate of drug-likeness (QED) is 0.856. The van der Waals surface area contributed by atoms with Crippen LogP contribution in [0.25, 0.3) is 0 Å². The fraction of sp³-hybridized carbons (Fsp3) is 0.625. The van der Waals surface area contributed by atoms with Crippen molar-refractivity contribution in [1.29, 1.82) is 0 Å². The zero-order valence-electron chi connectivity index (χ0n) is 12.1. The third-order valence-corrected chi connectivity index (χ3v) is 4.24. The smallest absolute Gasteiger partial charge is 0.115 e. The van der Waals surface area contributed by atoms with E-state index in [0.29, 0.717) is 11.8 Å². The molecule has 1 heterocycles. The fourth-order valence-corrected chi connectivity index (χ4v) is 2.76. The molecule has 0 aromatic heterocycles. The maximum atomic E-state index is 9.50. The Morgan fingerprint density at radius 1 is 1.37 bits per heavy atom. The van der Waals surface area contributed by atoms with Crippen molar-refractivity contribution in [3.05, 3.63) is 29.8 Å². The normalized spacial score (nSPS) is 19.5. The number of benzene rings is 1. The van der Waals surface area contributed by atoms with Crippen molar-refractivity contribution in [2.45, 2.75) is 32.7 Å². The van der Waals surface area contributed by atoms with Gasteiger partial charge in [-0.1, -0.05) is 19.1 Å². The van der Waals surface area contributed by atoms with Gasteiger partial charge in [-0.2, -0.15) is 0 Å². The molecule has 2 rings (SSSR count). The Balaban J connectivity index is 1.76. The second-order valence-electron chi connectivity index (χ2n) is 5.60. The molecule has 1 atom stereocenters. The summed E-state index contributed by atoms with van der Waals surface area (Å²) in [7, 11) is 0. The molecule has 0 saturated carbocycles. The molecule has 1 aromatic carbocycles. The minimum atomic E-state index is 0.302. The van der Waals surface area contributed by atoms with E-state index in [1.54, 1.807) is 6.07 Å². The number of hydrogen-bond donors (Lipinski definition) is 2. The first-order valence-corrected chi connectivity index (χ1v) is 7.43. The van der Waals surface area contributed by atoms with Crippen LogP contribution in [0.1, 0.15) is 38.3 Å². The molecule has 0 aliphatic carbocycles. The monoisotopic (exact) mass is 262 g/mol. The zero-order chi connectivity index (χ0) is 13.7. The van der Waals surface area contributed by atoms with E-state index >= 15 is 0 Å². The minimum Gasteiger partial charge on any atom is -0.508 e. The van der Waals surface area contributed by atoms with Crippen molar-refractivity contribution in [3.63, 3.8) is 0 Å². The lowest BCUT2D eigenvalue weighted by atomic mass is 9.96. The first-order chi connectivity index (χ1) is 9.19. The van der Waals surface area contributed by atoms with Crippen molar-refractivity contribution in [3.8, 4) is 5.75 Å². The highest BCUT2D eigenvalue weighted by atomic mass is 16.3.